The average Bonchev–Trinajstić information content (AvgIpc) is 3.36. The predicted molar refractivity (Wildman–Crippen MR) is 108 cm³/mol. The SMILES string of the molecule is Cn1cc(-c2cnc(N)c(C(=O)N[C@H]3COC[C@@H]3OCc3ccccc3)c2)cn1. The van der Waals surface area contributed by atoms with Crippen molar-refractivity contribution in [2.75, 3.05) is 18.9 Å². The lowest BCUT2D eigenvalue weighted by Crippen LogP contribution is -2.44. The third kappa shape index (κ3) is 4.44. The molecule has 8 nitrogen and oxygen atoms in total. The topological polar surface area (TPSA) is 104 Å². The first-order valence-electron chi connectivity index (χ1n) is 9.39. The van der Waals surface area contributed by atoms with Gasteiger partial charge in [0.2, 0.25) is 0 Å². The van der Waals surface area contributed by atoms with Gasteiger partial charge >= 0.3 is 0 Å². The first-order chi connectivity index (χ1) is 14.1. The molecule has 0 aliphatic carbocycles. The largest absolute Gasteiger partial charge is 0.383 e. The molecule has 29 heavy (non-hydrogen) atoms. The Labute approximate surface area is 168 Å². The van der Waals surface area contributed by atoms with E-state index in [0.717, 1.165) is 16.7 Å². The third-order valence-electron chi connectivity index (χ3n) is 4.85. The van der Waals surface area contributed by atoms with Gasteiger partial charge in [-0.05, 0) is 11.6 Å². The predicted octanol–water partition coefficient (Wildman–Crippen LogP) is 1.78. The zero-order valence-corrected chi connectivity index (χ0v) is 16.1. The highest BCUT2D eigenvalue weighted by atomic mass is 16.5. The maximum Gasteiger partial charge on any atom is 0.255 e. The normalized spacial score (nSPS) is 18.7. The van der Waals surface area contributed by atoms with E-state index in [-0.39, 0.29) is 23.9 Å². The summed E-state index contributed by atoms with van der Waals surface area (Å²) in [6.45, 7) is 1.28. The quantitative estimate of drug-likeness (QED) is 0.662. The number of hydrogen-bond donors (Lipinski definition) is 2. The molecular weight excluding hydrogens is 370 g/mol. The summed E-state index contributed by atoms with van der Waals surface area (Å²) in [5, 5.41) is 7.13. The molecule has 3 N–H and O–H groups in total. The van der Waals surface area contributed by atoms with Crippen molar-refractivity contribution in [1.29, 1.82) is 0 Å². The molecule has 3 aromatic rings. The molecule has 8 heteroatoms. The fourth-order valence-corrected chi connectivity index (χ4v) is 3.24. The van der Waals surface area contributed by atoms with Gasteiger partial charge in [-0.1, -0.05) is 30.3 Å². The van der Waals surface area contributed by atoms with Crippen molar-refractivity contribution >= 4 is 11.7 Å². The number of hydrogen-bond acceptors (Lipinski definition) is 6. The molecule has 0 unspecified atom stereocenters. The van der Waals surface area contributed by atoms with E-state index in [2.05, 4.69) is 15.4 Å². The third-order valence-corrected chi connectivity index (χ3v) is 4.85. The number of carbonyl (C=O) groups is 1. The lowest BCUT2D eigenvalue weighted by molar-refractivity contribution is 0.0218. The Morgan fingerprint density at radius 3 is 2.86 bits per heavy atom. The minimum absolute atomic E-state index is 0.177. The molecule has 0 saturated carbocycles. The molecule has 0 radical (unpaired) electrons. The summed E-state index contributed by atoms with van der Waals surface area (Å²) in [6.07, 6.45) is 4.98. The number of nitrogens with two attached hydrogens (primary N) is 1. The van der Waals surface area contributed by atoms with Gasteiger partial charge in [-0.3, -0.25) is 9.48 Å². The highest BCUT2D eigenvalue weighted by molar-refractivity contribution is 5.99. The smallest absolute Gasteiger partial charge is 0.255 e. The van der Waals surface area contributed by atoms with Crippen molar-refractivity contribution < 1.29 is 14.3 Å². The Bertz CT molecular complexity index is 989. The van der Waals surface area contributed by atoms with Crippen LogP contribution in [0.15, 0.2) is 55.0 Å². The summed E-state index contributed by atoms with van der Waals surface area (Å²) in [5.74, 6) is -0.125. The molecule has 1 aromatic carbocycles. The van der Waals surface area contributed by atoms with Gasteiger partial charge in [0.05, 0.1) is 37.6 Å². The molecule has 2 atom stereocenters. The monoisotopic (exact) mass is 393 g/mol. The number of rotatable bonds is 6. The van der Waals surface area contributed by atoms with Crippen LogP contribution in [-0.4, -0.2) is 46.0 Å². The minimum atomic E-state index is -0.301. The molecule has 4 rings (SSSR count). The Balaban J connectivity index is 1.44. The number of pyridine rings is 1. The van der Waals surface area contributed by atoms with Gasteiger partial charge in [0.15, 0.2) is 0 Å². The van der Waals surface area contributed by atoms with Crippen molar-refractivity contribution in [2.45, 2.75) is 18.8 Å². The van der Waals surface area contributed by atoms with Crippen LogP contribution in [0.4, 0.5) is 5.82 Å². The van der Waals surface area contributed by atoms with Crippen LogP contribution in [0.1, 0.15) is 15.9 Å². The van der Waals surface area contributed by atoms with Gasteiger partial charge in [-0.15, -0.1) is 0 Å². The molecule has 1 fully saturated rings. The van der Waals surface area contributed by atoms with E-state index in [0.29, 0.717) is 25.4 Å². The Morgan fingerprint density at radius 2 is 2.10 bits per heavy atom. The zero-order chi connectivity index (χ0) is 20.2. The lowest BCUT2D eigenvalue weighted by atomic mass is 10.1. The van der Waals surface area contributed by atoms with E-state index >= 15 is 0 Å². The number of nitrogens with zero attached hydrogens (tertiary/aromatic N) is 3. The van der Waals surface area contributed by atoms with Gasteiger partial charge in [0.1, 0.15) is 11.9 Å². The number of benzene rings is 1. The summed E-state index contributed by atoms with van der Waals surface area (Å²) < 4.78 is 13.2. The fourth-order valence-electron chi connectivity index (χ4n) is 3.24. The summed E-state index contributed by atoms with van der Waals surface area (Å²) in [4.78, 5) is 17.0. The van der Waals surface area contributed by atoms with Crippen LogP contribution in [0.5, 0.6) is 0 Å². The van der Waals surface area contributed by atoms with E-state index in [9.17, 15) is 4.79 Å². The maximum atomic E-state index is 12.9. The molecule has 2 aromatic heterocycles. The lowest BCUT2D eigenvalue weighted by Gasteiger charge is -2.20. The average molecular weight is 393 g/mol. The van der Waals surface area contributed by atoms with Crippen molar-refractivity contribution in [1.82, 2.24) is 20.1 Å². The second-order valence-corrected chi connectivity index (χ2v) is 7.01. The van der Waals surface area contributed by atoms with Gasteiger partial charge in [-0.25, -0.2) is 4.98 Å². The Kier molecular flexibility index (Phi) is 5.55. The van der Waals surface area contributed by atoms with E-state index in [1.54, 1.807) is 23.1 Å². The van der Waals surface area contributed by atoms with Crippen LogP contribution < -0.4 is 11.1 Å². The second-order valence-electron chi connectivity index (χ2n) is 7.01. The Morgan fingerprint density at radius 1 is 1.28 bits per heavy atom. The summed E-state index contributed by atoms with van der Waals surface area (Å²) >= 11 is 0. The van der Waals surface area contributed by atoms with Crippen molar-refractivity contribution in [3.8, 4) is 11.1 Å². The van der Waals surface area contributed by atoms with Crippen LogP contribution in [0.25, 0.3) is 11.1 Å². The van der Waals surface area contributed by atoms with Crippen LogP contribution in [-0.2, 0) is 23.1 Å². The number of aryl methyl sites for hydroxylation is 1. The first-order valence-corrected chi connectivity index (χ1v) is 9.39. The van der Waals surface area contributed by atoms with Crippen LogP contribution >= 0.6 is 0 Å². The number of carbonyl (C=O) groups excluding carboxylic acids is 1. The second kappa shape index (κ2) is 8.42. The Hall–Kier alpha value is -3.23. The number of amides is 1. The number of ether oxygens (including phenoxy) is 2. The minimum Gasteiger partial charge on any atom is -0.383 e. The van der Waals surface area contributed by atoms with Crippen LogP contribution in [0, 0.1) is 0 Å². The first kappa shape index (κ1) is 19.1. The molecule has 1 aliphatic heterocycles. The van der Waals surface area contributed by atoms with Gasteiger partial charge in [0, 0.05) is 30.6 Å². The molecule has 0 spiro atoms. The van der Waals surface area contributed by atoms with Crippen LogP contribution in [0.3, 0.4) is 0 Å². The highest BCUT2D eigenvalue weighted by Crippen LogP contribution is 2.22. The van der Waals surface area contributed by atoms with Crippen LogP contribution in [0.2, 0.25) is 0 Å². The van der Waals surface area contributed by atoms with E-state index in [1.807, 2.05) is 43.6 Å². The molecule has 1 amide bonds. The van der Waals surface area contributed by atoms with E-state index < -0.39 is 0 Å². The van der Waals surface area contributed by atoms with Crippen molar-refractivity contribution in [3.05, 3.63) is 66.1 Å². The van der Waals surface area contributed by atoms with Crippen molar-refractivity contribution in [3.63, 3.8) is 0 Å². The number of nitrogen functional groups attached to an aromatic ring is 1. The van der Waals surface area contributed by atoms with Crippen molar-refractivity contribution in [2.24, 2.45) is 7.05 Å². The van der Waals surface area contributed by atoms with Gasteiger partial charge in [-0.2, -0.15) is 5.10 Å². The molecule has 0 bridgehead atoms. The molecule has 1 aliphatic rings. The molecule has 1 saturated heterocycles. The number of nitrogens with one attached hydrogen (secondary N) is 1. The van der Waals surface area contributed by atoms with Gasteiger partial charge in [0.25, 0.3) is 5.91 Å². The molecule has 3 heterocycles. The summed E-state index contributed by atoms with van der Waals surface area (Å²) in [6, 6.07) is 11.4. The highest BCUT2D eigenvalue weighted by Gasteiger charge is 2.31. The zero-order valence-electron chi connectivity index (χ0n) is 16.1. The van der Waals surface area contributed by atoms with Gasteiger partial charge < -0.3 is 20.5 Å². The maximum absolute atomic E-state index is 12.9. The molecular formula is C21H23N5O3. The summed E-state index contributed by atoms with van der Waals surface area (Å²) in [5.41, 5.74) is 8.99. The number of anilines is 1. The fraction of sp³-hybridized carbons (Fsp3) is 0.286. The molecule has 150 valence electrons. The standard InChI is InChI=1S/C21H23N5O3/c1-26-10-16(9-24-26)15-7-17(20(22)23-8-15)21(27)25-18-12-28-13-19(18)29-11-14-5-3-2-4-6-14/h2-10,18-19H,11-13H2,1H3,(H2,22,23)(H,25,27)/t18-,19-/m0/s1. The number of aromatic nitrogens is 3. The summed E-state index contributed by atoms with van der Waals surface area (Å²) in [7, 11) is 1.83. The van der Waals surface area contributed by atoms with E-state index in [1.165, 1.54) is 0 Å². The van der Waals surface area contributed by atoms with E-state index in [4.69, 9.17) is 15.2 Å².